The fourth-order valence-corrected chi connectivity index (χ4v) is 2.41. The summed E-state index contributed by atoms with van der Waals surface area (Å²) in [4.78, 5) is 13.1. The zero-order valence-electron chi connectivity index (χ0n) is 10.4. The lowest BCUT2D eigenvalue weighted by molar-refractivity contribution is -0.138. The van der Waals surface area contributed by atoms with Crippen molar-refractivity contribution in [2.75, 3.05) is 20.1 Å². The third kappa shape index (κ3) is 2.84. The van der Waals surface area contributed by atoms with Gasteiger partial charge in [-0.2, -0.15) is 0 Å². The number of carboxylic acids is 1. The van der Waals surface area contributed by atoms with Gasteiger partial charge in [0.05, 0.1) is 10.4 Å². The molecule has 1 aromatic carbocycles. The molecule has 4 nitrogen and oxygen atoms in total. The SMILES string of the molecule is CC(C(=O)O)c1ccc(OC2CN(C)C2)c(Br)c1. The van der Waals surface area contributed by atoms with E-state index in [2.05, 4.69) is 20.8 Å². The predicted molar refractivity (Wildman–Crippen MR) is 72.1 cm³/mol. The van der Waals surface area contributed by atoms with Crippen LogP contribution in [-0.2, 0) is 4.79 Å². The number of aliphatic carboxylic acids is 1. The summed E-state index contributed by atoms with van der Waals surface area (Å²) in [7, 11) is 2.05. The van der Waals surface area contributed by atoms with Crippen molar-refractivity contribution in [3.05, 3.63) is 28.2 Å². The number of likely N-dealkylation sites (tertiary alicyclic amines) is 1. The van der Waals surface area contributed by atoms with Gasteiger partial charge >= 0.3 is 5.97 Å². The number of carboxylic acid groups (broad SMARTS) is 1. The number of hydrogen-bond acceptors (Lipinski definition) is 3. The van der Waals surface area contributed by atoms with E-state index in [0.29, 0.717) is 0 Å². The van der Waals surface area contributed by atoms with Crippen LogP contribution in [0.2, 0.25) is 0 Å². The molecule has 0 bridgehead atoms. The van der Waals surface area contributed by atoms with E-state index in [9.17, 15) is 4.79 Å². The predicted octanol–water partition coefficient (Wildman–Crippen LogP) is 2.33. The molecular formula is C13H16BrNO3. The maximum absolute atomic E-state index is 10.9. The fourth-order valence-electron chi connectivity index (χ4n) is 1.92. The maximum atomic E-state index is 10.9. The van der Waals surface area contributed by atoms with Crippen LogP contribution in [0.1, 0.15) is 18.4 Å². The van der Waals surface area contributed by atoms with Crippen molar-refractivity contribution in [2.24, 2.45) is 0 Å². The first-order chi connectivity index (χ1) is 8.47. The van der Waals surface area contributed by atoms with Crippen molar-refractivity contribution in [2.45, 2.75) is 18.9 Å². The Morgan fingerprint density at radius 2 is 2.22 bits per heavy atom. The lowest BCUT2D eigenvalue weighted by Gasteiger charge is -2.36. The number of rotatable bonds is 4. The number of likely N-dealkylation sites (N-methyl/N-ethyl adjacent to an activating group) is 1. The summed E-state index contributed by atoms with van der Waals surface area (Å²) in [6.07, 6.45) is 0.231. The van der Waals surface area contributed by atoms with E-state index in [1.165, 1.54) is 0 Å². The standard InChI is InChI=1S/C13H16BrNO3/c1-8(13(16)17)9-3-4-12(11(14)5-9)18-10-6-15(2)7-10/h3-5,8,10H,6-7H2,1-2H3,(H,16,17). The maximum Gasteiger partial charge on any atom is 0.310 e. The van der Waals surface area contributed by atoms with E-state index < -0.39 is 11.9 Å². The molecule has 1 N–H and O–H groups in total. The Hall–Kier alpha value is -1.07. The van der Waals surface area contributed by atoms with E-state index in [1.807, 2.05) is 19.2 Å². The smallest absolute Gasteiger partial charge is 0.310 e. The summed E-state index contributed by atoms with van der Waals surface area (Å²) in [6, 6.07) is 5.45. The van der Waals surface area contributed by atoms with Crippen LogP contribution in [0.5, 0.6) is 5.75 Å². The van der Waals surface area contributed by atoms with Crippen molar-refractivity contribution in [1.29, 1.82) is 0 Å². The molecule has 0 spiro atoms. The zero-order valence-corrected chi connectivity index (χ0v) is 12.0. The quantitative estimate of drug-likeness (QED) is 0.927. The lowest BCUT2D eigenvalue weighted by Crippen LogP contribution is -2.51. The molecule has 1 saturated heterocycles. The van der Waals surface area contributed by atoms with E-state index in [-0.39, 0.29) is 6.10 Å². The summed E-state index contributed by atoms with van der Waals surface area (Å²) >= 11 is 3.43. The number of nitrogens with zero attached hydrogens (tertiary/aromatic N) is 1. The number of ether oxygens (including phenoxy) is 1. The molecular weight excluding hydrogens is 298 g/mol. The van der Waals surface area contributed by atoms with Gasteiger partial charge in [-0.05, 0) is 47.6 Å². The molecule has 1 aliphatic heterocycles. The molecule has 1 atom stereocenters. The molecule has 0 saturated carbocycles. The minimum absolute atomic E-state index is 0.231. The summed E-state index contributed by atoms with van der Waals surface area (Å²) in [5.41, 5.74) is 0.771. The minimum atomic E-state index is -0.823. The highest BCUT2D eigenvalue weighted by atomic mass is 79.9. The highest BCUT2D eigenvalue weighted by Gasteiger charge is 2.25. The van der Waals surface area contributed by atoms with E-state index in [0.717, 1.165) is 28.9 Å². The van der Waals surface area contributed by atoms with Gasteiger partial charge in [-0.1, -0.05) is 6.07 Å². The highest BCUT2D eigenvalue weighted by molar-refractivity contribution is 9.10. The van der Waals surface area contributed by atoms with Crippen LogP contribution in [0, 0.1) is 0 Å². The lowest BCUT2D eigenvalue weighted by atomic mass is 10.0. The van der Waals surface area contributed by atoms with Crippen molar-refractivity contribution in [3.63, 3.8) is 0 Å². The van der Waals surface area contributed by atoms with Crippen LogP contribution < -0.4 is 4.74 Å². The Labute approximate surface area is 115 Å². The monoisotopic (exact) mass is 313 g/mol. The van der Waals surface area contributed by atoms with Crippen LogP contribution >= 0.6 is 15.9 Å². The van der Waals surface area contributed by atoms with E-state index >= 15 is 0 Å². The Kier molecular flexibility index (Phi) is 3.92. The van der Waals surface area contributed by atoms with Gasteiger partial charge in [0, 0.05) is 13.1 Å². The molecule has 0 aromatic heterocycles. The van der Waals surface area contributed by atoms with Gasteiger partial charge < -0.3 is 9.84 Å². The minimum Gasteiger partial charge on any atom is -0.487 e. The van der Waals surface area contributed by atoms with Crippen LogP contribution in [-0.4, -0.2) is 42.2 Å². The van der Waals surface area contributed by atoms with Crippen LogP contribution in [0.25, 0.3) is 0 Å². The molecule has 1 unspecified atom stereocenters. The summed E-state index contributed by atoms with van der Waals surface area (Å²) in [5.74, 6) is -0.559. The van der Waals surface area contributed by atoms with Gasteiger partial charge in [-0.25, -0.2) is 0 Å². The van der Waals surface area contributed by atoms with Crippen molar-refractivity contribution < 1.29 is 14.6 Å². The molecule has 2 rings (SSSR count). The molecule has 0 radical (unpaired) electrons. The Morgan fingerprint density at radius 3 is 2.72 bits per heavy atom. The summed E-state index contributed by atoms with van der Waals surface area (Å²) < 4.78 is 6.62. The summed E-state index contributed by atoms with van der Waals surface area (Å²) in [5, 5.41) is 8.97. The van der Waals surface area contributed by atoms with Gasteiger partial charge in [0.1, 0.15) is 11.9 Å². The fraction of sp³-hybridized carbons (Fsp3) is 0.462. The molecule has 5 heteroatoms. The molecule has 98 valence electrons. The third-order valence-corrected chi connectivity index (χ3v) is 3.77. The van der Waals surface area contributed by atoms with Crippen molar-refractivity contribution >= 4 is 21.9 Å². The first-order valence-electron chi connectivity index (χ1n) is 5.85. The van der Waals surface area contributed by atoms with Gasteiger partial charge in [-0.15, -0.1) is 0 Å². The average Bonchev–Trinajstić information content (AvgIpc) is 2.28. The molecule has 18 heavy (non-hydrogen) atoms. The van der Waals surface area contributed by atoms with Gasteiger partial charge in [0.2, 0.25) is 0 Å². The van der Waals surface area contributed by atoms with Crippen molar-refractivity contribution in [3.8, 4) is 5.75 Å². The molecule has 0 amide bonds. The van der Waals surface area contributed by atoms with Gasteiger partial charge in [-0.3, -0.25) is 9.69 Å². The second-order valence-electron chi connectivity index (χ2n) is 4.71. The Morgan fingerprint density at radius 1 is 1.56 bits per heavy atom. The Balaban J connectivity index is 2.07. The largest absolute Gasteiger partial charge is 0.487 e. The zero-order chi connectivity index (χ0) is 13.3. The van der Waals surface area contributed by atoms with E-state index in [4.69, 9.17) is 9.84 Å². The third-order valence-electron chi connectivity index (χ3n) is 3.15. The van der Waals surface area contributed by atoms with Crippen LogP contribution in [0.3, 0.4) is 0 Å². The first kappa shape index (κ1) is 13.4. The molecule has 1 aromatic rings. The number of carbonyl (C=O) groups is 1. The first-order valence-corrected chi connectivity index (χ1v) is 6.64. The van der Waals surface area contributed by atoms with Gasteiger partial charge in [0.25, 0.3) is 0 Å². The average molecular weight is 314 g/mol. The second-order valence-corrected chi connectivity index (χ2v) is 5.57. The number of hydrogen-bond donors (Lipinski definition) is 1. The molecule has 1 fully saturated rings. The molecule has 1 aliphatic rings. The highest BCUT2D eigenvalue weighted by Crippen LogP contribution is 2.30. The topological polar surface area (TPSA) is 49.8 Å². The normalized spacial score (nSPS) is 18.2. The molecule has 0 aliphatic carbocycles. The second kappa shape index (κ2) is 5.28. The Bertz CT molecular complexity index is 458. The summed E-state index contributed by atoms with van der Waals surface area (Å²) in [6.45, 7) is 3.53. The number of halogens is 1. The van der Waals surface area contributed by atoms with Crippen LogP contribution in [0.4, 0.5) is 0 Å². The van der Waals surface area contributed by atoms with E-state index in [1.54, 1.807) is 13.0 Å². The van der Waals surface area contributed by atoms with Crippen molar-refractivity contribution in [1.82, 2.24) is 4.90 Å². The number of benzene rings is 1. The van der Waals surface area contributed by atoms with Gasteiger partial charge in [0.15, 0.2) is 0 Å². The molecule has 1 heterocycles. The van der Waals surface area contributed by atoms with Crippen LogP contribution in [0.15, 0.2) is 22.7 Å².